The van der Waals surface area contributed by atoms with E-state index >= 15 is 0 Å². The molecule has 0 spiro atoms. The number of hydrogen-bond acceptors (Lipinski definition) is 2. The molecule has 1 heterocycles. The molecule has 56 valence electrons. The van der Waals surface area contributed by atoms with Crippen LogP contribution in [-0.4, -0.2) is 29.9 Å². The molecule has 0 saturated carbocycles. The lowest BCUT2D eigenvalue weighted by molar-refractivity contribution is 0.232. The minimum absolute atomic E-state index is 0.0718. The molecule has 0 radical (unpaired) electrons. The molecule has 4 heteroatoms. The fraction of sp³-hybridized carbons (Fsp3) is 0.667. The molecule has 4 nitrogen and oxygen atoms in total. The van der Waals surface area contributed by atoms with Gasteiger partial charge < -0.3 is 5.32 Å². The van der Waals surface area contributed by atoms with Gasteiger partial charge in [-0.15, -0.1) is 0 Å². The van der Waals surface area contributed by atoms with E-state index in [9.17, 15) is 4.79 Å². The number of hydrogen-bond donors (Lipinski definition) is 2. The lowest BCUT2D eigenvalue weighted by atomic mass is 10.2. The Labute approximate surface area is 59.7 Å². The first-order valence-corrected chi connectivity index (χ1v) is 3.29. The van der Waals surface area contributed by atoms with Crippen molar-refractivity contribution in [2.45, 2.75) is 19.4 Å². The summed E-state index contributed by atoms with van der Waals surface area (Å²) >= 11 is 0. The Morgan fingerprint density at radius 1 is 1.80 bits per heavy atom. The van der Waals surface area contributed by atoms with E-state index in [1.54, 1.807) is 7.05 Å². The van der Waals surface area contributed by atoms with Gasteiger partial charge in [-0.25, -0.2) is 4.79 Å². The second-order valence-electron chi connectivity index (χ2n) is 2.35. The molecule has 1 aliphatic rings. The van der Waals surface area contributed by atoms with Gasteiger partial charge in [0.25, 0.3) is 0 Å². The van der Waals surface area contributed by atoms with E-state index in [4.69, 9.17) is 5.41 Å². The molecule has 1 saturated heterocycles. The summed E-state index contributed by atoms with van der Waals surface area (Å²) in [6.07, 6.45) is 0.787. The summed E-state index contributed by atoms with van der Waals surface area (Å²) < 4.78 is 0. The van der Waals surface area contributed by atoms with Crippen LogP contribution in [0.3, 0.4) is 0 Å². The van der Waals surface area contributed by atoms with Crippen LogP contribution in [0.15, 0.2) is 0 Å². The number of carbonyl (C=O) groups is 1. The molecule has 1 rings (SSSR count). The molecule has 2 amide bonds. The summed E-state index contributed by atoms with van der Waals surface area (Å²) in [6, 6.07) is -0.241. The van der Waals surface area contributed by atoms with Crippen LogP contribution in [0.5, 0.6) is 0 Å². The van der Waals surface area contributed by atoms with Crippen LogP contribution in [0.25, 0.3) is 0 Å². The summed E-state index contributed by atoms with van der Waals surface area (Å²) in [5.41, 5.74) is 0. The van der Waals surface area contributed by atoms with Gasteiger partial charge in [-0.3, -0.25) is 10.3 Å². The van der Waals surface area contributed by atoms with Gasteiger partial charge in [0.2, 0.25) is 0 Å². The lowest BCUT2D eigenvalue weighted by Crippen LogP contribution is -2.27. The number of likely N-dealkylation sites (N-methyl/N-ethyl adjacent to an activating group) is 1. The van der Waals surface area contributed by atoms with Crippen LogP contribution >= 0.6 is 0 Å². The van der Waals surface area contributed by atoms with E-state index in [1.807, 2.05) is 6.92 Å². The predicted octanol–water partition coefficient (Wildman–Crippen LogP) is 0.397. The van der Waals surface area contributed by atoms with Gasteiger partial charge in [-0.2, -0.15) is 0 Å². The lowest BCUT2D eigenvalue weighted by Gasteiger charge is -2.06. The van der Waals surface area contributed by atoms with E-state index in [-0.39, 0.29) is 12.1 Å². The molecule has 0 aromatic carbocycles. The summed E-state index contributed by atoms with van der Waals surface area (Å²) in [6.45, 7) is 1.94. The highest BCUT2D eigenvalue weighted by molar-refractivity contribution is 6.05. The molecule has 1 unspecified atom stereocenters. The number of urea groups is 1. The molecule has 10 heavy (non-hydrogen) atoms. The van der Waals surface area contributed by atoms with Crippen LogP contribution in [-0.2, 0) is 0 Å². The molecule has 1 fully saturated rings. The highest BCUT2D eigenvalue weighted by atomic mass is 16.2. The third kappa shape index (κ3) is 0.853. The molecular formula is C6H11N3O. The zero-order valence-electron chi connectivity index (χ0n) is 6.14. The highest BCUT2D eigenvalue weighted by Gasteiger charge is 2.29. The van der Waals surface area contributed by atoms with Crippen LogP contribution in [0.4, 0.5) is 4.79 Å². The van der Waals surface area contributed by atoms with Crippen molar-refractivity contribution in [3.8, 4) is 0 Å². The van der Waals surface area contributed by atoms with E-state index in [0.717, 1.165) is 6.42 Å². The zero-order valence-corrected chi connectivity index (χ0v) is 6.14. The molecule has 0 aromatic heterocycles. The number of amidine groups is 1. The topological polar surface area (TPSA) is 56.2 Å². The van der Waals surface area contributed by atoms with E-state index in [0.29, 0.717) is 5.84 Å². The fourth-order valence-electron chi connectivity index (χ4n) is 0.953. The molecule has 1 aliphatic heterocycles. The number of carbonyl (C=O) groups excluding carboxylic acids is 1. The molecule has 2 N–H and O–H groups in total. The second-order valence-corrected chi connectivity index (χ2v) is 2.35. The van der Waals surface area contributed by atoms with Gasteiger partial charge in [0, 0.05) is 7.05 Å². The molecule has 0 bridgehead atoms. The number of amides is 2. The van der Waals surface area contributed by atoms with E-state index in [1.165, 1.54) is 4.90 Å². The van der Waals surface area contributed by atoms with E-state index in [2.05, 4.69) is 5.32 Å². The van der Waals surface area contributed by atoms with Gasteiger partial charge in [-0.1, -0.05) is 6.92 Å². The fourth-order valence-corrected chi connectivity index (χ4v) is 0.953. The predicted molar refractivity (Wildman–Crippen MR) is 38.1 cm³/mol. The zero-order chi connectivity index (χ0) is 7.72. The highest BCUT2D eigenvalue weighted by Crippen LogP contribution is 2.05. The van der Waals surface area contributed by atoms with Crippen LogP contribution < -0.4 is 5.32 Å². The monoisotopic (exact) mass is 141 g/mol. The summed E-state index contributed by atoms with van der Waals surface area (Å²) in [4.78, 5) is 12.2. The van der Waals surface area contributed by atoms with Gasteiger partial charge in [0.1, 0.15) is 5.84 Å². The van der Waals surface area contributed by atoms with Crippen molar-refractivity contribution in [1.29, 1.82) is 5.41 Å². The Bertz CT molecular complexity index is 178. The molecular weight excluding hydrogens is 130 g/mol. The van der Waals surface area contributed by atoms with Crippen molar-refractivity contribution in [2.24, 2.45) is 0 Å². The first kappa shape index (κ1) is 7.05. The quantitative estimate of drug-likeness (QED) is 0.545. The first-order chi connectivity index (χ1) is 4.66. The minimum atomic E-state index is -0.170. The van der Waals surface area contributed by atoms with E-state index < -0.39 is 0 Å². The smallest absolute Gasteiger partial charge is 0.323 e. The maximum Gasteiger partial charge on any atom is 0.323 e. The van der Waals surface area contributed by atoms with Crippen molar-refractivity contribution < 1.29 is 4.79 Å². The Morgan fingerprint density at radius 2 is 2.40 bits per heavy atom. The van der Waals surface area contributed by atoms with Gasteiger partial charge in [0.05, 0.1) is 6.04 Å². The SMILES string of the molecule is CCC1NC(=O)N(C)C1=N. The summed E-state index contributed by atoms with van der Waals surface area (Å²) in [5.74, 6) is 0.368. The average Bonchev–Trinajstić information content (AvgIpc) is 2.17. The Balaban J connectivity index is 2.71. The Morgan fingerprint density at radius 3 is 2.60 bits per heavy atom. The maximum absolute atomic E-state index is 10.8. The van der Waals surface area contributed by atoms with Crippen molar-refractivity contribution in [3.05, 3.63) is 0 Å². The van der Waals surface area contributed by atoms with Crippen LogP contribution in [0, 0.1) is 5.41 Å². The number of rotatable bonds is 1. The summed E-state index contributed by atoms with van der Waals surface area (Å²) in [7, 11) is 1.60. The largest absolute Gasteiger partial charge is 0.328 e. The second kappa shape index (κ2) is 2.28. The van der Waals surface area contributed by atoms with Gasteiger partial charge in [0.15, 0.2) is 0 Å². The standard InChI is InChI=1S/C6H11N3O/c1-3-4-5(7)9(2)6(10)8-4/h4,7H,3H2,1-2H3,(H,8,10). The Kier molecular flexibility index (Phi) is 1.61. The van der Waals surface area contributed by atoms with Crippen molar-refractivity contribution >= 4 is 11.9 Å². The maximum atomic E-state index is 10.8. The van der Waals surface area contributed by atoms with Crippen molar-refractivity contribution in [2.75, 3.05) is 7.05 Å². The first-order valence-electron chi connectivity index (χ1n) is 3.29. The van der Waals surface area contributed by atoms with Crippen LogP contribution in [0.1, 0.15) is 13.3 Å². The number of nitrogens with one attached hydrogen (secondary N) is 2. The van der Waals surface area contributed by atoms with Crippen molar-refractivity contribution in [1.82, 2.24) is 10.2 Å². The third-order valence-corrected chi connectivity index (χ3v) is 1.70. The average molecular weight is 141 g/mol. The molecule has 0 aromatic rings. The number of nitrogens with zero attached hydrogens (tertiary/aromatic N) is 1. The van der Waals surface area contributed by atoms with Crippen LogP contribution in [0.2, 0.25) is 0 Å². The van der Waals surface area contributed by atoms with Gasteiger partial charge >= 0.3 is 6.03 Å². The van der Waals surface area contributed by atoms with Crippen molar-refractivity contribution in [3.63, 3.8) is 0 Å². The minimum Gasteiger partial charge on any atom is -0.328 e. The molecule has 0 aliphatic carbocycles. The molecule has 1 atom stereocenters. The van der Waals surface area contributed by atoms with Gasteiger partial charge in [-0.05, 0) is 6.42 Å². The normalized spacial score (nSPS) is 25.4. The third-order valence-electron chi connectivity index (χ3n) is 1.70. The summed E-state index contributed by atoms with van der Waals surface area (Å²) in [5, 5.41) is 10.1. The Hall–Kier alpha value is -1.06.